The molecule has 1 unspecified atom stereocenters. The summed E-state index contributed by atoms with van der Waals surface area (Å²) in [7, 11) is 0. The molecule has 0 aliphatic rings. The van der Waals surface area contributed by atoms with Crippen LogP contribution >= 0.6 is 0 Å². The summed E-state index contributed by atoms with van der Waals surface area (Å²) in [5, 5.41) is 22.8. The van der Waals surface area contributed by atoms with Crippen molar-refractivity contribution in [1.29, 1.82) is 0 Å². The predicted octanol–water partition coefficient (Wildman–Crippen LogP) is 2.19. The Labute approximate surface area is 136 Å². The quantitative estimate of drug-likeness (QED) is 0.708. The van der Waals surface area contributed by atoms with Gasteiger partial charge in [0.2, 0.25) is 0 Å². The molecule has 6 nitrogen and oxygen atoms in total. The molecule has 23 heavy (non-hydrogen) atoms. The number of nitrogen functional groups attached to an aromatic ring is 1. The standard InChI is InChI=1S/C15H19N3O3.C2H6/c1-15(21,10-19)8-7-13(20)12-9-17-18(14(12)16)11-5-3-2-4-6-11;1-2/h2-6,9,19,21H,7-8,10,16H2,1H3;1-2H3. The van der Waals surface area contributed by atoms with E-state index in [2.05, 4.69) is 5.10 Å². The van der Waals surface area contributed by atoms with Gasteiger partial charge in [0, 0.05) is 6.42 Å². The third-order valence-corrected chi connectivity index (χ3v) is 3.34. The number of hydrogen-bond acceptors (Lipinski definition) is 5. The van der Waals surface area contributed by atoms with Gasteiger partial charge in [-0.15, -0.1) is 0 Å². The van der Waals surface area contributed by atoms with E-state index in [0.29, 0.717) is 5.56 Å². The zero-order valence-electron chi connectivity index (χ0n) is 13.9. The maximum absolute atomic E-state index is 12.1. The number of carbonyl (C=O) groups excluding carboxylic acids is 1. The van der Waals surface area contributed by atoms with E-state index in [4.69, 9.17) is 10.8 Å². The minimum Gasteiger partial charge on any atom is -0.393 e. The summed E-state index contributed by atoms with van der Waals surface area (Å²) >= 11 is 0. The number of carbonyl (C=O) groups is 1. The van der Waals surface area contributed by atoms with Gasteiger partial charge in [0.25, 0.3) is 0 Å². The van der Waals surface area contributed by atoms with Crippen LogP contribution in [-0.2, 0) is 0 Å². The van der Waals surface area contributed by atoms with E-state index in [1.54, 1.807) is 0 Å². The Morgan fingerprint density at radius 3 is 2.48 bits per heavy atom. The second-order valence-electron chi connectivity index (χ2n) is 5.27. The van der Waals surface area contributed by atoms with Gasteiger partial charge < -0.3 is 15.9 Å². The fourth-order valence-electron chi connectivity index (χ4n) is 1.94. The van der Waals surface area contributed by atoms with E-state index < -0.39 is 5.60 Å². The monoisotopic (exact) mass is 319 g/mol. The maximum atomic E-state index is 12.1. The number of Topliss-reactive ketones (excluding diaryl/α,β-unsaturated/α-hetero) is 1. The number of nitrogens with two attached hydrogens (primary N) is 1. The van der Waals surface area contributed by atoms with Crippen molar-refractivity contribution in [3.8, 4) is 5.69 Å². The van der Waals surface area contributed by atoms with Crippen LogP contribution in [0.1, 0.15) is 44.0 Å². The number of hydrogen-bond donors (Lipinski definition) is 3. The van der Waals surface area contributed by atoms with Crippen LogP contribution in [0.2, 0.25) is 0 Å². The molecule has 0 aliphatic carbocycles. The van der Waals surface area contributed by atoms with Gasteiger partial charge in [0.1, 0.15) is 5.82 Å². The van der Waals surface area contributed by atoms with Gasteiger partial charge in [-0.3, -0.25) is 4.79 Å². The predicted molar refractivity (Wildman–Crippen MR) is 90.6 cm³/mol. The largest absolute Gasteiger partial charge is 0.393 e. The summed E-state index contributed by atoms with van der Waals surface area (Å²) in [4.78, 5) is 12.1. The second-order valence-corrected chi connectivity index (χ2v) is 5.27. The summed E-state index contributed by atoms with van der Waals surface area (Å²) < 4.78 is 1.50. The number of nitrogens with zero attached hydrogens (tertiary/aromatic N) is 2. The molecule has 1 heterocycles. The normalized spacial score (nSPS) is 12.9. The van der Waals surface area contributed by atoms with Crippen molar-refractivity contribution in [3.63, 3.8) is 0 Å². The molecule has 0 radical (unpaired) electrons. The van der Waals surface area contributed by atoms with Crippen LogP contribution in [0.15, 0.2) is 36.5 Å². The second kappa shape index (κ2) is 8.45. The third kappa shape index (κ3) is 4.91. The maximum Gasteiger partial charge on any atom is 0.168 e. The summed E-state index contributed by atoms with van der Waals surface area (Å²) in [6, 6.07) is 9.28. The molecule has 0 saturated heterocycles. The number of rotatable bonds is 6. The van der Waals surface area contributed by atoms with Gasteiger partial charge in [0.15, 0.2) is 5.78 Å². The first-order valence-corrected chi connectivity index (χ1v) is 7.70. The topological polar surface area (TPSA) is 101 Å². The highest BCUT2D eigenvalue weighted by Gasteiger charge is 2.23. The highest BCUT2D eigenvalue weighted by Crippen LogP contribution is 2.20. The number of anilines is 1. The Bertz CT molecular complexity index is 621. The molecule has 6 heteroatoms. The molecule has 0 saturated carbocycles. The lowest BCUT2D eigenvalue weighted by Crippen LogP contribution is -2.29. The fourth-order valence-corrected chi connectivity index (χ4v) is 1.94. The average molecular weight is 319 g/mol. The lowest BCUT2D eigenvalue weighted by atomic mass is 9.98. The summed E-state index contributed by atoms with van der Waals surface area (Å²) in [5.41, 5.74) is 5.81. The van der Waals surface area contributed by atoms with Gasteiger partial charge in [0.05, 0.1) is 29.7 Å². The molecule has 126 valence electrons. The highest BCUT2D eigenvalue weighted by molar-refractivity contribution is 6.00. The zero-order valence-corrected chi connectivity index (χ0v) is 13.9. The Kier molecular flexibility index (Phi) is 6.93. The molecule has 0 fully saturated rings. The van der Waals surface area contributed by atoms with Crippen molar-refractivity contribution in [2.24, 2.45) is 0 Å². The molecule has 2 rings (SSSR count). The van der Waals surface area contributed by atoms with Gasteiger partial charge in [-0.25, -0.2) is 4.68 Å². The smallest absolute Gasteiger partial charge is 0.168 e. The van der Waals surface area contributed by atoms with Crippen molar-refractivity contribution in [3.05, 3.63) is 42.1 Å². The Hall–Kier alpha value is -2.18. The molecule has 1 aromatic heterocycles. The summed E-state index contributed by atoms with van der Waals surface area (Å²) in [5.74, 6) is 0.0678. The van der Waals surface area contributed by atoms with Crippen LogP contribution in [0.4, 0.5) is 5.82 Å². The van der Waals surface area contributed by atoms with E-state index in [1.165, 1.54) is 17.8 Å². The first kappa shape index (κ1) is 18.9. The number of para-hydroxylation sites is 1. The lowest BCUT2D eigenvalue weighted by molar-refractivity contribution is -0.00567. The van der Waals surface area contributed by atoms with Crippen molar-refractivity contribution in [2.75, 3.05) is 12.3 Å². The molecular formula is C17H25N3O3. The Morgan fingerprint density at radius 2 is 1.91 bits per heavy atom. The molecule has 2 aromatic rings. The minimum atomic E-state index is -1.26. The highest BCUT2D eigenvalue weighted by atomic mass is 16.3. The Balaban J connectivity index is 0.00000127. The molecule has 0 spiro atoms. The SMILES string of the molecule is CC.CC(O)(CO)CCC(=O)c1cnn(-c2ccccc2)c1N. The molecule has 0 amide bonds. The van der Waals surface area contributed by atoms with Crippen LogP contribution in [0.5, 0.6) is 0 Å². The lowest BCUT2D eigenvalue weighted by Gasteiger charge is -2.19. The van der Waals surface area contributed by atoms with Crippen LogP contribution in [0.3, 0.4) is 0 Å². The molecule has 0 bridgehead atoms. The molecule has 0 aliphatic heterocycles. The van der Waals surface area contributed by atoms with Crippen molar-refractivity contribution >= 4 is 11.6 Å². The fraction of sp³-hybridized carbons (Fsp3) is 0.412. The number of ketones is 1. The summed E-state index contributed by atoms with van der Waals surface area (Å²) in [6.07, 6.45) is 1.69. The van der Waals surface area contributed by atoms with Crippen molar-refractivity contribution in [1.82, 2.24) is 9.78 Å². The van der Waals surface area contributed by atoms with Crippen molar-refractivity contribution in [2.45, 2.75) is 39.2 Å². The minimum absolute atomic E-state index is 0.0955. The third-order valence-electron chi connectivity index (χ3n) is 3.34. The van der Waals surface area contributed by atoms with Crippen LogP contribution in [-0.4, -0.2) is 38.0 Å². The molecule has 1 atom stereocenters. The van der Waals surface area contributed by atoms with Crippen molar-refractivity contribution < 1.29 is 15.0 Å². The number of aliphatic hydroxyl groups excluding tert-OH is 1. The van der Waals surface area contributed by atoms with E-state index in [0.717, 1.165) is 5.69 Å². The molecule has 1 aromatic carbocycles. The Morgan fingerprint density at radius 1 is 1.30 bits per heavy atom. The van der Waals surface area contributed by atoms with Crippen LogP contribution < -0.4 is 5.73 Å². The molecule has 4 N–H and O–H groups in total. The molecular weight excluding hydrogens is 294 g/mol. The first-order chi connectivity index (χ1) is 10.9. The number of aliphatic hydroxyl groups is 2. The van der Waals surface area contributed by atoms with Crippen LogP contribution in [0.25, 0.3) is 5.69 Å². The van der Waals surface area contributed by atoms with E-state index >= 15 is 0 Å². The number of benzene rings is 1. The van der Waals surface area contributed by atoms with E-state index in [9.17, 15) is 9.90 Å². The van der Waals surface area contributed by atoms with E-state index in [1.807, 2.05) is 44.2 Å². The average Bonchev–Trinajstić information content (AvgIpc) is 2.97. The zero-order chi connectivity index (χ0) is 17.5. The van der Waals surface area contributed by atoms with Gasteiger partial charge in [-0.1, -0.05) is 32.0 Å². The summed E-state index contributed by atoms with van der Waals surface area (Å²) in [6.45, 7) is 5.09. The van der Waals surface area contributed by atoms with Crippen LogP contribution in [0, 0.1) is 0 Å². The van der Waals surface area contributed by atoms with Gasteiger partial charge in [-0.2, -0.15) is 5.10 Å². The number of aromatic nitrogens is 2. The van der Waals surface area contributed by atoms with E-state index in [-0.39, 0.29) is 31.0 Å². The van der Waals surface area contributed by atoms with Gasteiger partial charge >= 0.3 is 0 Å². The van der Waals surface area contributed by atoms with Gasteiger partial charge in [-0.05, 0) is 25.5 Å². The first-order valence-electron chi connectivity index (χ1n) is 7.70.